The van der Waals surface area contributed by atoms with E-state index in [1.165, 1.54) is 12.2 Å². The zero-order valence-electron chi connectivity index (χ0n) is 5.51. The molecule has 10 heavy (non-hydrogen) atoms. The average Bonchev–Trinajstić information content (AvgIpc) is 1.85. The minimum Gasteiger partial charge on any atom is -0.463 e. The van der Waals surface area contributed by atoms with E-state index in [9.17, 15) is 4.79 Å². The molecule has 0 spiro atoms. The monoisotopic (exact) mass is 182 g/mol. The summed E-state index contributed by atoms with van der Waals surface area (Å²) >= 11 is 10.6. The van der Waals surface area contributed by atoms with E-state index in [0.29, 0.717) is 6.61 Å². The van der Waals surface area contributed by atoms with Crippen LogP contribution >= 0.6 is 23.2 Å². The van der Waals surface area contributed by atoms with Crippen molar-refractivity contribution in [2.45, 2.75) is 11.8 Å². The Morgan fingerprint density at radius 3 is 2.70 bits per heavy atom. The number of allylic oxidation sites excluding steroid dienone is 1. The van der Waals surface area contributed by atoms with Crippen LogP contribution in [0.15, 0.2) is 12.2 Å². The predicted molar refractivity (Wildman–Crippen MR) is 41.3 cm³/mol. The highest BCUT2D eigenvalue weighted by Gasteiger charge is 1.95. The van der Waals surface area contributed by atoms with Gasteiger partial charge in [-0.05, 0) is 13.0 Å². The minimum atomic E-state index is -0.649. The third-order valence-corrected chi connectivity index (χ3v) is 0.955. The number of rotatable bonds is 3. The second kappa shape index (κ2) is 5.57. The number of hydrogen-bond donors (Lipinski definition) is 0. The maximum absolute atomic E-state index is 10.5. The summed E-state index contributed by atoms with van der Waals surface area (Å²) in [5.74, 6) is -0.422. The first-order valence-corrected chi connectivity index (χ1v) is 3.67. The van der Waals surface area contributed by atoms with Gasteiger partial charge in [-0.15, -0.1) is 23.2 Å². The summed E-state index contributed by atoms with van der Waals surface area (Å²) in [6.07, 6.45) is 2.55. The zero-order chi connectivity index (χ0) is 7.98. The van der Waals surface area contributed by atoms with Crippen LogP contribution in [0.4, 0.5) is 0 Å². The van der Waals surface area contributed by atoms with Gasteiger partial charge in [0.05, 0.1) is 6.61 Å². The molecule has 0 amide bonds. The van der Waals surface area contributed by atoms with E-state index >= 15 is 0 Å². The first kappa shape index (κ1) is 9.79. The SMILES string of the molecule is CCOC(=O)C=CC(Cl)Cl. The molecule has 0 aliphatic carbocycles. The molecular weight excluding hydrogens is 175 g/mol. The Morgan fingerprint density at radius 2 is 2.30 bits per heavy atom. The van der Waals surface area contributed by atoms with E-state index in [1.807, 2.05) is 0 Å². The van der Waals surface area contributed by atoms with Crippen LogP contribution < -0.4 is 0 Å². The summed E-state index contributed by atoms with van der Waals surface area (Å²) in [5.41, 5.74) is 0. The largest absolute Gasteiger partial charge is 0.463 e. The molecule has 0 saturated carbocycles. The summed E-state index contributed by atoms with van der Waals surface area (Å²) in [6, 6.07) is 0. The predicted octanol–water partition coefficient (Wildman–Crippen LogP) is 1.91. The number of hydrogen-bond acceptors (Lipinski definition) is 2. The Kier molecular flexibility index (Phi) is 5.45. The molecule has 0 N–H and O–H groups in total. The fraction of sp³-hybridized carbons (Fsp3) is 0.500. The molecule has 0 aromatic rings. The van der Waals surface area contributed by atoms with Crippen LogP contribution in [0.5, 0.6) is 0 Å². The summed E-state index contributed by atoms with van der Waals surface area (Å²) in [5, 5.41) is 0. The Labute approximate surface area is 69.8 Å². The molecule has 0 fully saturated rings. The van der Waals surface area contributed by atoms with Crippen molar-refractivity contribution in [3.63, 3.8) is 0 Å². The maximum Gasteiger partial charge on any atom is 0.330 e. The van der Waals surface area contributed by atoms with Gasteiger partial charge in [0.15, 0.2) is 0 Å². The molecule has 0 atom stereocenters. The second-order valence-electron chi connectivity index (χ2n) is 1.45. The molecule has 0 aromatic carbocycles. The van der Waals surface area contributed by atoms with E-state index < -0.39 is 10.8 Å². The fourth-order valence-corrected chi connectivity index (χ4v) is 0.487. The number of carbonyl (C=O) groups excluding carboxylic acids is 1. The van der Waals surface area contributed by atoms with E-state index in [2.05, 4.69) is 4.74 Å². The van der Waals surface area contributed by atoms with Crippen LogP contribution in [-0.4, -0.2) is 17.4 Å². The number of alkyl halides is 2. The lowest BCUT2D eigenvalue weighted by Gasteiger charge is -1.93. The number of halogens is 2. The lowest BCUT2D eigenvalue weighted by Crippen LogP contribution is -1.99. The summed E-state index contributed by atoms with van der Waals surface area (Å²) in [6.45, 7) is 2.09. The third-order valence-electron chi connectivity index (χ3n) is 0.664. The van der Waals surface area contributed by atoms with Crippen molar-refractivity contribution in [3.05, 3.63) is 12.2 Å². The van der Waals surface area contributed by atoms with E-state index in [-0.39, 0.29) is 0 Å². The van der Waals surface area contributed by atoms with Crippen LogP contribution in [0.25, 0.3) is 0 Å². The quantitative estimate of drug-likeness (QED) is 0.379. The molecule has 0 rings (SSSR count). The van der Waals surface area contributed by atoms with E-state index in [4.69, 9.17) is 23.2 Å². The van der Waals surface area contributed by atoms with Crippen molar-refractivity contribution >= 4 is 29.2 Å². The van der Waals surface area contributed by atoms with Crippen molar-refractivity contribution in [3.8, 4) is 0 Å². The molecule has 0 aliphatic heterocycles. The van der Waals surface area contributed by atoms with Gasteiger partial charge in [-0.3, -0.25) is 0 Å². The highest BCUT2D eigenvalue weighted by Crippen LogP contribution is 2.02. The molecule has 4 heteroatoms. The van der Waals surface area contributed by atoms with Gasteiger partial charge in [0, 0.05) is 6.08 Å². The minimum absolute atomic E-state index is 0.360. The Balaban J connectivity index is 3.56. The Morgan fingerprint density at radius 1 is 1.70 bits per heavy atom. The van der Waals surface area contributed by atoms with Crippen LogP contribution in [0, 0.1) is 0 Å². The lowest BCUT2D eigenvalue weighted by atomic mass is 10.5. The van der Waals surface area contributed by atoms with E-state index in [1.54, 1.807) is 6.92 Å². The molecule has 0 bridgehead atoms. The Hall–Kier alpha value is -0.210. The molecule has 0 heterocycles. The van der Waals surface area contributed by atoms with Gasteiger partial charge in [-0.1, -0.05) is 0 Å². The zero-order valence-corrected chi connectivity index (χ0v) is 7.02. The van der Waals surface area contributed by atoms with Gasteiger partial charge in [-0.25, -0.2) is 4.79 Å². The molecule has 0 radical (unpaired) electrons. The molecule has 58 valence electrons. The maximum atomic E-state index is 10.5. The number of ether oxygens (including phenoxy) is 1. The first-order chi connectivity index (χ1) is 4.66. The van der Waals surface area contributed by atoms with Gasteiger partial charge < -0.3 is 4.74 Å². The van der Waals surface area contributed by atoms with Crippen LogP contribution in [0.3, 0.4) is 0 Å². The smallest absolute Gasteiger partial charge is 0.330 e. The molecule has 0 aliphatic rings. The van der Waals surface area contributed by atoms with Crippen molar-refractivity contribution in [2.75, 3.05) is 6.61 Å². The summed E-state index contributed by atoms with van der Waals surface area (Å²) in [4.78, 5) is 9.87. The molecule has 0 saturated heterocycles. The molecule has 0 unspecified atom stereocenters. The average molecular weight is 183 g/mol. The van der Waals surface area contributed by atoms with Gasteiger partial charge >= 0.3 is 5.97 Å². The van der Waals surface area contributed by atoms with Gasteiger partial charge in [0.1, 0.15) is 4.84 Å². The Bertz CT molecular complexity index is 132. The topological polar surface area (TPSA) is 26.3 Å². The summed E-state index contributed by atoms with van der Waals surface area (Å²) < 4.78 is 4.55. The number of carbonyl (C=O) groups is 1. The van der Waals surface area contributed by atoms with Crippen molar-refractivity contribution < 1.29 is 9.53 Å². The van der Waals surface area contributed by atoms with Crippen LogP contribution in [-0.2, 0) is 9.53 Å². The lowest BCUT2D eigenvalue weighted by molar-refractivity contribution is -0.137. The third kappa shape index (κ3) is 5.92. The summed E-state index contributed by atoms with van der Waals surface area (Å²) in [7, 11) is 0. The fourth-order valence-electron chi connectivity index (χ4n) is 0.342. The second-order valence-corrected chi connectivity index (χ2v) is 2.61. The van der Waals surface area contributed by atoms with Crippen molar-refractivity contribution in [1.29, 1.82) is 0 Å². The van der Waals surface area contributed by atoms with Crippen LogP contribution in [0.2, 0.25) is 0 Å². The highest BCUT2D eigenvalue weighted by molar-refractivity contribution is 6.45. The molecular formula is C6H8Cl2O2. The first-order valence-electron chi connectivity index (χ1n) is 2.80. The van der Waals surface area contributed by atoms with Crippen molar-refractivity contribution in [2.24, 2.45) is 0 Å². The van der Waals surface area contributed by atoms with Gasteiger partial charge in [0.2, 0.25) is 0 Å². The van der Waals surface area contributed by atoms with Crippen molar-refractivity contribution in [1.82, 2.24) is 0 Å². The highest BCUT2D eigenvalue weighted by atomic mass is 35.5. The molecule has 0 aromatic heterocycles. The number of esters is 1. The molecule has 2 nitrogen and oxygen atoms in total. The van der Waals surface area contributed by atoms with E-state index in [0.717, 1.165) is 0 Å². The normalized spacial score (nSPS) is 10.8. The van der Waals surface area contributed by atoms with Gasteiger partial charge in [-0.2, -0.15) is 0 Å². The van der Waals surface area contributed by atoms with Crippen LogP contribution in [0.1, 0.15) is 6.92 Å². The standard InChI is InChI=1S/C6H8Cl2O2/c1-2-10-6(9)4-3-5(7)8/h3-5H,2H2,1H3. The van der Waals surface area contributed by atoms with Gasteiger partial charge in [0.25, 0.3) is 0 Å².